The van der Waals surface area contributed by atoms with Crippen LogP contribution in [0, 0.1) is 6.92 Å². The molecule has 1 aliphatic heterocycles. The van der Waals surface area contributed by atoms with E-state index in [2.05, 4.69) is 15.3 Å². The Kier molecular flexibility index (Phi) is 5.76. The Morgan fingerprint density at radius 3 is 2.83 bits per heavy atom. The Balaban J connectivity index is 1.84. The number of halogens is 2. The van der Waals surface area contributed by atoms with Crippen LogP contribution in [0.5, 0.6) is 5.75 Å². The summed E-state index contributed by atoms with van der Waals surface area (Å²) in [4.78, 5) is 20.9. The number of benzene rings is 1. The molecule has 0 bridgehead atoms. The van der Waals surface area contributed by atoms with Gasteiger partial charge in [0, 0.05) is 5.69 Å². The van der Waals surface area contributed by atoms with Gasteiger partial charge in [0.15, 0.2) is 0 Å². The van der Waals surface area contributed by atoms with Crippen molar-refractivity contribution in [3.8, 4) is 5.75 Å². The number of allylic oxidation sites excluding steroid dienone is 1. The largest absolute Gasteiger partial charge is 0.461 e. The summed E-state index contributed by atoms with van der Waals surface area (Å²) >= 11 is 0. The standard InChI is InChI=1S/C20H20F2N4O3/c1-12-6-15(28-11-22)10-24-17(12)18(27)25-14-5-3-4-13(7-14)20(2)8-16(9-21)29-19(23)26-20/h3-8,10H,9,11H2,1-2H3,(H2,23,26)(H,25,27)/t20-/m0/s1. The first-order valence-corrected chi connectivity index (χ1v) is 8.73. The second-order valence-corrected chi connectivity index (χ2v) is 6.57. The number of carbonyl (C=O) groups excluding carboxylic acids is 1. The van der Waals surface area contributed by atoms with Gasteiger partial charge in [0.1, 0.15) is 29.4 Å². The normalized spacial score (nSPS) is 18.3. The van der Waals surface area contributed by atoms with Gasteiger partial charge in [-0.05, 0) is 49.2 Å². The number of aromatic nitrogens is 1. The maximum Gasteiger partial charge on any atom is 0.288 e. The molecule has 1 amide bonds. The van der Waals surface area contributed by atoms with E-state index in [1.165, 1.54) is 12.3 Å². The molecule has 1 aliphatic rings. The number of hydrogen-bond donors (Lipinski definition) is 2. The number of ether oxygens (including phenoxy) is 2. The highest BCUT2D eigenvalue weighted by molar-refractivity contribution is 6.03. The summed E-state index contributed by atoms with van der Waals surface area (Å²) in [5.74, 6) is -0.127. The van der Waals surface area contributed by atoms with Crippen LogP contribution >= 0.6 is 0 Å². The van der Waals surface area contributed by atoms with Crippen LogP contribution in [0.2, 0.25) is 0 Å². The maximum absolute atomic E-state index is 13.1. The lowest BCUT2D eigenvalue weighted by atomic mass is 9.91. The number of nitrogens with zero attached hydrogens (tertiary/aromatic N) is 2. The average molecular weight is 402 g/mol. The minimum atomic E-state index is -0.977. The van der Waals surface area contributed by atoms with Crippen molar-refractivity contribution >= 4 is 17.6 Å². The first kappa shape index (κ1) is 20.2. The minimum absolute atomic E-state index is 0.0739. The van der Waals surface area contributed by atoms with Crippen molar-refractivity contribution < 1.29 is 23.0 Å². The first-order valence-electron chi connectivity index (χ1n) is 8.73. The van der Waals surface area contributed by atoms with Crippen LogP contribution in [-0.4, -0.2) is 30.4 Å². The number of amides is 1. The Hall–Kier alpha value is -3.49. The predicted octanol–water partition coefficient (Wildman–Crippen LogP) is 3.36. The van der Waals surface area contributed by atoms with E-state index in [4.69, 9.17) is 15.2 Å². The molecule has 0 fully saturated rings. The summed E-state index contributed by atoms with van der Waals surface area (Å²) in [7, 11) is 0. The predicted molar refractivity (Wildman–Crippen MR) is 104 cm³/mol. The summed E-state index contributed by atoms with van der Waals surface area (Å²) < 4.78 is 35.1. The molecule has 1 aromatic heterocycles. The van der Waals surface area contributed by atoms with Crippen molar-refractivity contribution in [3.05, 3.63) is 65.2 Å². The number of nitrogens with two attached hydrogens (primary N) is 1. The molecule has 0 radical (unpaired) electrons. The molecule has 3 rings (SSSR count). The monoisotopic (exact) mass is 402 g/mol. The lowest BCUT2D eigenvalue weighted by molar-refractivity contribution is 0.102. The molecular formula is C20H20F2N4O3. The highest BCUT2D eigenvalue weighted by atomic mass is 19.1. The van der Waals surface area contributed by atoms with Gasteiger partial charge in [-0.15, -0.1) is 0 Å². The third-order valence-corrected chi connectivity index (χ3v) is 4.35. The Bertz CT molecular complexity index is 993. The summed E-state index contributed by atoms with van der Waals surface area (Å²) in [6.07, 6.45) is 2.82. The van der Waals surface area contributed by atoms with Crippen molar-refractivity contribution in [1.82, 2.24) is 4.98 Å². The van der Waals surface area contributed by atoms with Gasteiger partial charge in [-0.25, -0.2) is 18.8 Å². The summed E-state index contributed by atoms with van der Waals surface area (Å²) in [5.41, 5.74) is 6.62. The fourth-order valence-corrected chi connectivity index (χ4v) is 3.01. The minimum Gasteiger partial charge on any atom is -0.461 e. The zero-order valence-electron chi connectivity index (χ0n) is 15.9. The van der Waals surface area contributed by atoms with E-state index in [1.54, 1.807) is 44.2 Å². The summed E-state index contributed by atoms with van der Waals surface area (Å²) in [5, 5.41) is 2.76. The van der Waals surface area contributed by atoms with Crippen LogP contribution < -0.4 is 15.8 Å². The lowest BCUT2D eigenvalue weighted by Gasteiger charge is -2.27. The van der Waals surface area contributed by atoms with Gasteiger partial charge in [0.2, 0.25) is 6.86 Å². The quantitative estimate of drug-likeness (QED) is 0.772. The van der Waals surface area contributed by atoms with Crippen LogP contribution in [-0.2, 0) is 10.3 Å². The zero-order chi connectivity index (χ0) is 21.0. The number of hydrogen-bond acceptors (Lipinski definition) is 6. The fourth-order valence-electron chi connectivity index (χ4n) is 3.01. The molecule has 29 heavy (non-hydrogen) atoms. The van der Waals surface area contributed by atoms with Gasteiger partial charge >= 0.3 is 0 Å². The molecular weight excluding hydrogens is 382 g/mol. The lowest BCUT2D eigenvalue weighted by Crippen LogP contribution is -2.30. The number of aryl methyl sites for hydroxylation is 1. The molecule has 0 saturated carbocycles. The molecule has 3 N–H and O–H groups in total. The highest BCUT2D eigenvalue weighted by Crippen LogP contribution is 2.33. The van der Waals surface area contributed by atoms with E-state index in [-0.39, 0.29) is 23.2 Å². The molecule has 1 atom stereocenters. The maximum atomic E-state index is 13.1. The van der Waals surface area contributed by atoms with Crippen LogP contribution in [0.15, 0.2) is 53.4 Å². The Morgan fingerprint density at radius 1 is 1.34 bits per heavy atom. The molecule has 0 spiro atoms. The number of alkyl halides is 2. The second-order valence-electron chi connectivity index (χ2n) is 6.57. The molecule has 0 saturated heterocycles. The van der Waals surface area contributed by atoms with Crippen molar-refractivity contribution in [2.75, 3.05) is 18.9 Å². The van der Waals surface area contributed by atoms with E-state index >= 15 is 0 Å². The smallest absolute Gasteiger partial charge is 0.288 e. The molecule has 0 aliphatic carbocycles. The van der Waals surface area contributed by atoms with Crippen LogP contribution in [0.4, 0.5) is 14.5 Å². The van der Waals surface area contributed by atoms with Crippen molar-refractivity contribution in [2.24, 2.45) is 10.7 Å². The number of amidine groups is 1. The third kappa shape index (κ3) is 4.50. The highest BCUT2D eigenvalue weighted by Gasteiger charge is 2.29. The number of carbonyl (C=O) groups is 1. The van der Waals surface area contributed by atoms with Gasteiger partial charge < -0.3 is 20.5 Å². The van der Waals surface area contributed by atoms with Crippen LogP contribution in [0.25, 0.3) is 0 Å². The number of aliphatic imine (C=N–C) groups is 1. The molecule has 7 nitrogen and oxygen atoms in total. The number of rotatable bonds is 6. The van der Waals surface area contributed by atoms with E-state index in [1.807, 2.05) is 0 Å². The topological polar surface area (TPSA) is 98.8 Å². The SMILES string of the molecule is Cc1cc(OCF)cnc1C(=O)Nc1cccc([C@]2(C)C=C(CF)OC(N)=N2)c1. The van der Waals surface area contributed by atoms with Crippen LogP contribution in [0.1, 0.15) is 28.5 Å². The molecule has 1 aromatic carbocycles. The average Bonchev–Trinajstić information content (AvgIpc) is 2.67. The number of pyridine rings is 1. The Morgan fingerprint density at radius 2 is 2.14 bits per heavy atom. The molecule has 2 heterocycles. The molecule has 152 valence electrons. The zero-order valence-corrected chi connectivity index (χ0v) is 15.9. The second kappa shape index (κ2) is 8.26. The number of nitrogens with one attached hydrogen (secondary N) is 1. The first-order chi connectivity index (χ1) is 13.8. The van der Waals surface area contributed by atoms with Gasteiger partial charge in [-0.2, -0.15) is 0 Å². The van der Waals surface area contributed by atoms with Crippen molar-refractivity contribution in [3.63, 3.8) is 0 Å². The summed E-state index contributed by atoms with van der Waals surface area (Å²) in [6, 6.07) is 8.33. The molecule has 2 aromatic rings. The third-order valence-electron chi connectivity index (χ3n) is 4.35. The van der Waals surface area contributed by atoms with Crippen molar-refractivity contribution in [2.45, 2.75) is 19.4 Å². The van der Waals surface area contributed by atoms with E-state index in [0.29, 0.717) is 16.8 Å². The fraction of sp³-hybridized carbons (Fsp3) is 0.250. The number of anilines is 1. The van der Waals surface area contributed by atoms with Crippen LogP contribution in [0.3, 0.4) is 0 Å². The van der Waals surface area contributed by atoms with Crippen molar-refractivity contribution in [1.29, 1.82) is 0 Å². The Labute approximate surface area is 166 Å². The molecule has 0 unspecified atom stereocenters. The van der Waals surface area contributed by atoms with E-state index in [0.717, 1.165) is 0 Å². The van der Waals surface area contributed by atoms with Gasteiger partial charge in [0.05, 0.1) is 6.20 Å². The summed E-state index contributed by atoms with van der Waals surface area (Å²) in [6.45, 7) is 1.64. The van der Waals surface area contributed by atoms with Gasteiger partial charge in [-0.3, -0.25) is 4.79 Å². The van der Waals surface area contributed by atoms with E-state index < -0.39 is 25.0 Å². The van der Waals surface area contributed by atoms with E-state index in [9.17, 15) is 13.6 Å². The molecule has 9 heteroatoms. The van der Waals surface area contributed by atoms with Gasteiger partial charge in [-0.1, -0.05) is 12.1 Å². The van der Waals surface area contributed by atoms with Gasteiger partial charge in [0.25, 0.3) is 11.9 Å².